The van der Waals surface area contributed by atoms with E-state index in [1.54, 1.807) is 24.3 Å². The molecular formula is C14H20ClO2P. The first-order valence-corrected chi connectivity index (χ1v) is 8.77. The second-order valence-electron chi connectivity index (χ2n) is 5.49. The molecule has 0 radical (unpaired) electrons. The Morgan fingerprint density at radius 2 is 2.00 bits per heavy atom. The van der Waals surface area contributed by atoms with Gasteiger partial charge in [-0.1, -0.05) is 37.4 Å². The smallest absolute Gasteiger partial charge is 0.229 e. The largest absolute Gasteiger partial charge is 0.341 e. The average molecular weight is 287 g/mol. The Balaban J connectivity index is 2.05. The highest BCUT2D eigenvalue weighted by molar-refractivity contribution is 7.66. The lowest BCUT2D eigenvalue weighted by atomic mass is 9.84. The molecule has 1 fully saturated rings. The SMILES string of the molecule is CC1CCC(CP(=O)(O)c2cccc(Cl)c2)CC1. The summed E-state index contributed by atoms with van der Waals surface area (Å²) in [7, 11) is -3.24. The summed E-state index contributed by atoms with van der Waals surface area (Å²) in [4.78, 5) is 10.2. The van der Waals surface area contributed by atoms with E-state index in [9.17, 15) is 9.46 Å². The molecule has 0 amide bonds. The Morgan fingerprint density at radius 1 is 1.33 bits per heavy atom. The molecule has 0 heterocycles. The van der Waals surface area contributed by atoms with Gasteiger partial charge in [0.2, 0.25) is 7.37 Å². The van der Waals surface area contributed by atoms with Crippen LogP contribution in [-0.4, -0.2) is 11.1 Å². The first-order chi connectivity index (χ1) is 8.47. The summed E-state index contributed by atoms with van der Waals surface area (Å²) in [5.74, 6) is 1.15. The van der Waals surface area contributed by atoms with Gasteiger partial charge in [0.25, 0.3) is 0 Å². The predicted octanol–water partition coefficient (Wildman–Crippen LogP) is 4.06. The number of hydrogen-bond acceptors (Lipinski definition) is 1. The minimum atomic E-state index is -3.24. The Kier molecular flexibility index (Phi) is 4.53. The minimum absolute atomic E-state index is 0.385. The van der Waals surface area contributed by atoms with Gasteiger partial charge in [-0.05, 0) is 42.9 Å². The number of halogens is 1. The van der Waals surface area contributed by atoms with Gasteiger partial charge in [0.15, 0.2) is 0 Å². The third-order valence-electron chi connectivity index (χ3n) is 3.85. The van der Waals surface area contributed by atoms with Crippen molar-refractivity contribution in [2.75, 3.05) is 6.16 Å². The van der Waals surface area contributed by atoms with Crippen molar-refractivity contribution in [1.29, 1.82) is 0 Å². The molecule has 1 saturated carbocycles. The molecule has 2 nitrogen and oxygen atoms in total. The van der Waals surface area contributed by atoms with Crippen LogP contribution in [-0.2, 0) is 4.57 Å². The zero-order valence-electron chi connectivity index (χ0n) is 10.7. The van der Waals surface area contributed by atoms with Gasteiger partial charge in [-0.3, -0.25) is 4.57 Å². The molecule has 0 spiro atoms. The van der Waals surface area contributed by atoms with Crippen molar-refractivity contribution in [3.05, 3.63) is 29.3 Å². The molecule has 18 heavy (non-hydrogen) atoms. The summed E-state index contributed by atoms with van der Waals surface area (Å²) in [6.07, 6.45) is 4.92. The molecule has 4 heteroatoms. The molecule has 2 rings (SSSR count). The summed E-state index contributed by atoms with van der Waals surface area (Å²) in [5, 5.41) is 1.02. The van der Waals surface area contributed by atoms with E-state index in [0.717, 1.165) is 18.8 Å². The molecule has 0 aliphatic heterocycles. The summed E-state index contributed by atoms with van der Waals surface area (Å²) < 4.78 is 12.4. The van der Waals surface area contributed by atoms with Crippen molar-refractivity contribution in [1.82, 2.24) is 0 Å². The first kappa shape index (κ1) is 14.1. The molecule has 0 aromatic heterocycles. The van der Waals surface area contributed by atoms with Crippen molar-refractivity contribution in [2.45, 2.75) is 32.6 Å². The van der Waals surface area contributed by atoms with E-state index in [-0.39, 0.29) is 0 Å². The second kappa shape index (κ2) is 5.77. The molecule has 1 aliphatic carbocycles. The van der Waals surface area contributed by atoms with Gasteiger partial charge in [-0.15, -0.1) is 0 Å². The first-order valence-electron chi connectivity index (χ1n) is 6.55. The number of rotatable bonds is 3. The highest BCUT2D eigenvalue weighted by Crippen LogP contribution is 2.45. The summed E-state index contributed by atoms with van der Waals surface area (Å²) in [6, 6.07) is 6.79. The van der Waals surface area contributed by atoms with Gasteiger partial charge in [0.1, 0.15) is 0 Å². The average Bonchev–Trinajstić information content (AvgIpc) is 2.32. The van der Waals surface area contributed by atoms with E-state index >= 15 is 0 Å². The van der Waals surface area contributed by atoms with Crippen LogP contribution in [0.3, 0.4) is 0 Å². The maximum Gasteiger partial charge on any atom is 0.229 e. The van der Waals surface area contributed by atoms with Crippen LogP contribution in [0.2, 0.25) is 5.02 Å². The van der Waals surface area contributed by atoms with Gasteiger partial charge < -0.3 is 4.89 Å². The van der Waals surface area contributed by atoms with Gasteiger partial charge >= 0.3 is 0 Å². The highest BCUT2D eigenvalue weighted by Gasteiger charge is 2.28. The fourth-order valence-corrected chi connectivity index (χ4v) is 4.86. The molecule has 1 aliphatic rings. The van der Waals surface area contributed by atoms with E-state index < -0.39 is 7.37 Å². The van der Waals surface area contributed by atoms with Crippen molar-refractivity contribution < 1.29 is 9.46 Å². The van der Waals surface area contributed by atoms with E-state index in [4.69, 9.17) is 11.6 Å². The molecule has 1 unspecified atom stereocenters. The van der Waals surface area contributed by atoms with E-state index in [2.05, 4.69) is 6.92 Å². The van der Waals surface area contributed by atoms with Crippen LogP contribution in [0.15, 0.2) is 24.3 Å². The quantitative estimate of drug-likeness (QED) is 0.851. The van der Waals surface area contributed by atoms with Crippen LogP contribution in [0.1, 0.15) is 32.6 Å². The normalized spacial score (nSPS) is 27.7. The van der Waals surface area contributed by atoms with Gasteiger partial charge in [-0.25, -0.2) is 0 Å². The monoisotopic (exact) mass is 286 g/mol. The molecular weight excluding hydrogens is 267 g/mol. The van der Waals surface area contributed by atoms with Gasteiger partial charge in [0, 0.05) is 16.5 Å². The lowest BCUT2D eigenvalue weighted by Gasteiger charge is -2.27. The molecule has 1 aromatic carbocycles. The number of hydrogen-bond donors (Lipinski definition) is 1. The lowest BCUT2D eigenvalue weighted by molar-refractivity contribution is 0.304. The molecule has 0 bridgehead atoms. The molecule has 1 N–H and O–H groups in total. The topological polar surface area (TPSA) is 37.3 Å². The van der Waals surface area contributed by atoms with E-state index in [1.165, 1.54) is 12.8 Å². The summed E-state index contributed by atoms with van der Waals surface area (Å²) in [5.41, 5.74) is 0. The van der Waals surface area contributed by atoms with Crippen molar-refractivity contribution in [2.24, 2.45) is 11.8 Å². The standard InChI is InChI=1S/C14H20ClO2P/c1-11-5-7-12(8-6-11)10-18(16,17)14-4-2-3-13(15)9-14/h2-4,9,11-12H,5-8,10H2,1H3,(H,16,17). The van der Waals surface area contributed by atoms with Crippen LogP contribution >= 0.6 is 19.0 Å². The lowest BCUT2D eigenvalue weighted by Crippen LogP contribution is -2.19. The second-order valence-corrected chi connectivity index (χ2v) is 8.21. The molecule has 1 atom stereocenters. The fraction of sp³-hybridized carbons (Fsp3) is 0.571. The maximum absolute atomic E-state index is 12.4. The van der Waals surface area contributed by atoms with E-state index in [0.29, 0.717) is 22.4 Å². The van der Waals surface area contributed by atoms with E-state index in [1.807, 2.05) is 0 Å². The Morgan fingerprint density at radius 3 is 2.61 bits per heavy atom. The third kappa shape index (κ3) is 3.60. The van der Waals surface area contributed by atoms with Crippen LogP contribution in [0.5, 0.6) is 0 Å². The van der Waals surface area contributed by atoms with Crippen molar-refractivity contribution >= 4 is 24.3 Å². The van der Waals surface area contributed by atoms with Crippen LogP contribution in [0.25, 0.3) is 0 Å². The predicted molar refractivity (Wildman–Crippen MR) is 76.9 cm³/mol. The molecule has 1 aromatic rings. The zero-order valence-corrected chi connectivity index (χ0v) is 12.3. The maximum atomic E-state index is 12.4. The minimum Gasteiger partial charge on any atom is -0.341 e. The number of benzene rings is 1. The summed E-state index contributed by atoms with van der Waals surface area (Å²) >= 11 is 5.88. The Hall–Kier alpha value is -0.300. The van der Waals surface area contributed by atoms with Crippen LogP contribution in [0, 0.1) is 11.8 Å². The highest BCUT2D eigenvalue weighted by atomic mass is 35.5. The Bertz CT molecular complexity index is 453. The van der Waals surface area contributed by atoms with Gasteiger partial charge in [0.05, 0.1) is 0 Å². The van der Waals surface area contributed by atoms with Crippen LogP contribution < -0.4 is 5.30 Å². The van der Waals surface area contributed by atoms with Crippen molar-refractivity contribution in [3.8, 4) is 0 Å². The van der Waals surface area contributed by atoms with Crippen molar-refractivity contribution in [3.63, 3.8) is 0 Å². The molecule has 0 saturated heterocycles. The fourth-order valence-electron chi connectivity index (χ4n) is 2.66. The zero-order chi connectivity index (χ0) is 13.2. The van der Waals surface area contributed by atoms with Crippen LogP contribution in [0.4, 0.5) is 0 Å². The summed E-state index contributed by atoms with van der Waals surface area (Å²) in [6.45, 7) is 2.26. The Labute approximate surface area is 114 Å². The molecule has 100 valence electrons. The van der Waals surface area contributed by atoms with Gasteiger partial charge in [-0.2, -0.15) is 0 Å². The third-order valence-corrected chi connectivity index (χ3v) is 6.18.